The van der Waals surface area contributed by atoms with Gasteiger partial charge in [0.05, 0.1) is 12.2 Å². The van der Waals surface area contributed by atoms with Gasteiger partial charge in [-0.1, -0.05) is 19.3 Å². The molecular weight excluding hydrogens is 188 g/mol. The van der Waals surface area contributed by atoms with Gasteiger partial charge < -0.3 is 10.4 Å². The van der Waals surface area contributed by atoms with Gasteiger partial charge in [0.2, 0.25) is 0 Å². The molecule has 2 unspecified atom stereocenters. The second-order valence-corrected chi connectivity index (χ2v) is 4.38. The lowest BCUT2D eigenvalue weighted by molar-refractivity contribution is 0.120. The van der Waals surface area contributed by atoms with Crippen molar-refractivity contribution in [2.24, 2.45) is 0 Å². The van der Waals surface area contributed by atoms with Crippen molar-refractivity contribution in [3.8, 4) is 6.07 Å². The fraction of sp³-hybridized carbons (Fsp3) is 0.917. The number of nitrogens with one attached hydrogen (secondary N) is 1. The molecule has 15 heavy (non-hydrogen) atoms. The molecule has 1 fully saturated rings. The summed E-state index contributed by atoms with van der Waals surface area (Å²) in [7, 11) is 0. The van der Waals surface area contributed by atoms with Gasteiger partial charge in [-0.3, -0.25) is 0 Å². The van der Waals surface area contributed by atoms with Crippen molar-refractivity contribution in [2.75, 3.05) is 6.54 Å². The summed E-state index contributed by atoms with van der Waals surface area (Å²) in [5.41, 5.74) is 0. The standard InChI is InChI=1S/C12H22N2O/c13-9-5-2-6-10-14-11-7-3-1-4-8-12(11)15/h11-12,14-15H,1-8,10H2. The highest BCUT2D eigenvalue weighted by atomic mass is 16.3. The SMILES string of the molecule is N#CCCCCNC1CCCCCC1O. The topological polar surface area (TPSA) is 56.0 Å². The molecule has 1 aliphatic carbocycles. The summed E-state index contributed by atoms with van der Waals surface area (Å²) in [6.45, 7) is 0.934. The maximum atomic E-state index is 9.84. The molecule has 86 valence electrons. The predicted octanol–water partition coefficient (Wildman–Crippen LogP) is 1.96. The first kappa shape index (κ1) is 12.5. The van der Waals surface area contributed by atoms with Crippen LogP contribution in [0.1, 0.15) is 51.4 Å². The highest BCUT2D eigenvalue weighted by Gasteiger charge is 2.20. The first-order valence-corrected chi connectivity index (χ1v) is 6.13. The van der Waals surface area contributed by atoms with Crippen molar-refractivity contribution in [1.82, 2.24) is 5.32 Å². The molecule has 0 radical (unpaired) electrons. The number of unbranched alkanes of at least 4 members (excludes halogenated alkanes) is 2. The summed E-state index contributed by atoms with van der Waals surface area (Å²) in [6.07, 6.45) is 8.17. The van der Waals surface area contributed by atoms with Gasteiger partial charge in [0.25, 0.3) is 0 Å². The van der Waals surface area contributed by atoms with E-state index in [-0.39, 0.29) is 12.1 Å². The van der Waals surface area contributed by atoms with Gasteiger partial charge in [0.1, 0.15) is 0 Å². The first-order chi connectivity index (χ1) is 7.34. The van der Waals surface area contributed by atoms with E-state index in [0.29, 0.717) is 6.42 Å². The number of aliphatic hydroxyl groups is 1. The van der Waals surface area contributed by atoms with Crippen molar-refractivity contribution >= 4 is 0 Å². The molecular formula is C12H22N2O. The Balaban J connectivity index is 2.10. The Morgan fingerprint density at radius 3 is 2.80 bits per heavy atom. The molecule has 0 amide bonds. The summed E-state index contributed by atoms with van der Waals surface area (Å²) in [6, 6.07) is 2.43. The number of nitrogens with zero attached hydrogens (tertiary/aromatic N) is 1. The lowest BCUT2D eigenvalue weighted by Crippen LogP contribution is -2.39. The quantitative estimate of drug-likeness (QED) is 0.539. The third-order valence-electron chi connectivity index (χ3n) is 3.10. The number of hydrogen-bond acceptors (Lipinski definition) is 3. The zero-order valence-electron chi connectivity index (χ0n) is 9.41. The number of aliphatic hydroxyl groups excluding tert-OH is 1. The van der Waals surface area contributed by atoms with E-state index in [4.69, 9.17) is 5.26 Å². The van der Waals surface area contributed by atoms with Crippen molar-refractivity contribution in [2.45, 2.75) is 63.5 Å². The van der Waals surface area contributed by atoms with Gasteiger partial charge in [0.15, 0.2) is 0 Å². The van der Waals surface area contributed by atoms with Crippen molar-refractivity contribution < 1.29 is 5.11 Å². The Kier molecular flexibility index (Phi) is 6.38. The van der Waals surface area contributed by atoms with Gasteiger partial charge in [-0.15, -0.1) is 0 Å². The zero-order chi connectivity index (χ0) is 10.9. The van der Waals surface area contributed by atoms with E-state index in [9.17, 15) is 5.11 Å². The molecule has 2 atom stereocenters. The van der Waals surface area contributed by atoms with E-state index >= 15 is 0 Å². The highest BCUT2D eigenvalue weighted by molar-refractivity contribution is 4.79. The minimum absolute atomic E-state index is 0.163. The molecule has 0 saturated heterocycles. The summed E-state index contributed by atoms with van der Waals surface area (Å²) in [4.78, 5) is 0. The van der Waals surface area contributed by atoms with Crippen molar-refractivity contribution in [3.63, 3.8) is 0 Å². The third-order valence-corrected chi connectivity index (χ3v) is 3.10. The van der Waals surface area contributed by atoms with Crippen LogP contribution in [0.15, 0.2) is 0 Å². The molecule has 0 aromatic carbocycles. The Morgan fingerprint density at radius 1 is 1.20 bits per heavy atom. The van der Waals surface area contributed by atoms with Crippen molar-refractivity contribution in [1.29, 1.82) is 5.26 Å². The first-order valence-electron chi connectivity index (χ1n) is 6.13. The monoisotopic (exact) mass is 210 g/mol. The van der Waals surface area contributed by atoms with Crippen LogP contribution in [0.5, 0.6) is 0 Å². The third kappa shape index (κ3) is 5.15. The van der Waals surface area contributed by atoms with Gasteiger partial charge in [-0.05, 0) is 32.2 Å². The lowest BCUT2D eigenvalue weighted by Gasteiger charge is -2.21. The molecule has 0 heterocycles. The molecule has 2 N–H and O–H groups in total. The van der Waals surface area contributed by atoms with Crippen molar-refractivity contribution in [3.05, 3.63) is 0 Å². The van der Waals surface area contributed by atoms with Crippen LogP contribution in [0.3, 0.4) is 0 Å². The minimum Gasteiger partial charge on any atom is -0.392 e. The zero-order valence-corrected chi connectivity index (χ0v) is 9.41. The second kappa shape index (κ2) is 7.67. The average Bonchev–Trinajstić information content (AvgIpc) is 2.44. The van der Waals surface area contributed by atoms with Crippen LogP contribution in [0.25, 0.3) is 0 Å². The van der Waals surface area contributed by atoms with E-state index < -0.39 is 0 Å². The van der Waals surface area contributed by atoms with Crippen LogP contribution in [-0.4, -0.2) is 23.8 Å². The van der Waals surface area contributed by atoms with Crippen LogP contribution >= 0.6 is 0 Å². The van der Waals surface area contributed by atoms with E-state index in [1.165, 1.54) is 12.8 Å². The van der Waals surface area contributed by atoms with Gasteiger partial charge >= 0.3 is 0 Å². The van der Waals surface area contributed by atoms with E-state index in [2.05, 4.69) is 11.4 Å². The van der Waals surface area contributed by atoms with Crippen LogP contribution < -0.4 is 5.32 Å². The molecule has 1 rings (SSSR count). The van der Waals surface area contributed by atoms with Crippen LogP contribution in [0.4, 0.5) is 0 Å². The number of hydrogen-bond donors (Lipinski definition) is 2. The number of nitriles is 1. The summed E-state index contributed by atoms with van der Waals surface area (Å²) in [5, 5.41) is 21.6. The largest absolute Gasteiger partial charge is 0.392 e. The van der Waals surface area contributed by atoms with Crippen LogP contribution in [-0.2, 0) is 0 Å². The Hall–Kier alpha value is -0.590. The van der Waals surface area contributed by atoms with Gasteiger partial charge in [0, 0.05) is 12.5 Å². The average molecular weight is 210 g/mol. The van der Waals surface area contributed by atoms with E-state index in [0.717, 1.165) is 38.6 Å². The molecule has 0 aromatic rings. The van der Waals surface area contributed by atoms with Gasteiger partial charge in [-0.25, -0.2) is 0 Å². The molecule has 0 aromatic heterocycles. The molecule has 1 aliphatic rings. The fourth-order valence-electron chi connectivity index (χ4n) is 2.14. The summed E-state index contributed by atoms with van der Waals surface area (Å²) >= 11 is 0. The Bertz CT molecular complexity index is 200. The Labute approximate surface area is 92.5 Å². The van der Waals surface area contributed by atoms with E-state index in [1.54, 1.807) is 0 Å². The lowest BCUT2D eigenvalue weighted by atomic mass is 10.1. The predicted molar refractivity (Wildman–Crippen MR) is 60.3 cm³/mol. The maximum absolute atomic E-state index is 9.84. The van der Waals surface area contributed by atoms with Crippen LogP contribution in [0.2, 0.25) is 0 Å². The van der Waals surface area contributed by atoms with Gasteiger partial charge in [-0.2, -0.15) is 5.26 Å². The molecule has 3 heteroatoms. The molecule has 0 aliphatic heterocycles. The summed E-state index contributed by atoms with van der Waals surface area (Å²) < 4.78 is 0. The second-order valence-electron chi connectivity index (χ2n) is 4.38. The number of rotatable bonds is 5. The highest BCUT2D eigenvalue weighted by Crippen LogP contribution is 2.17. The minimum atomic E-state index is -0.163. The van der Waals surface area contributed by atoms with E-state index in [1.807, 2.05) is 0 Å². The maximum Gasteiger partial charge on any atom is 0.0693 e. The molecule has 3 nitrogen and oxygen atoms in total. The molecule has 0 bridgehead atoms. The molecule has 1 saturated carbocycles. The Morgan fingerprint density at radius 2 is 2.00 bits per heavy atom. The fourth-order valence-corrected chi connectivity index (χ4v) is 2.14. The molecule has 0 spiro atoms. The normalized spacial score (nSPS) is 26.9. The summed E-state index contributed by atoms with van der Waals surface area (Å²) in [5.74, 6) is 0. The van der Waals surface area contributed by atoms with Crippen LogP contribution in [0, 0.1) is 11.3 Å². The smallest absolute Gasteiger partial charge is 0.0693 e.